The average molecular weight is 296 g/mol. The van der Waals surface area contributed by atoms with Crippen molar-refractivity contribution in [1.29, 1.82) is 0 Å². The maximum absolute atomic E-state index is 13.1. The molecule has 0 saturated carbocycles. The molecule has 4 heteroatoms. The molecule has 0 radical (unpaired) electrons. The third-order valence-electron chi connectivity index (χ3n) is 2.81. The Morgan fingerprint density at radius 3 is 2.68 bits per heavy atom. The number of hydrogen-bond acceptors (Lipinski definition) is 2. The lowest BCUT2D eigenvalue weighted by Gasteiger charge is -2.16. The molecule has 0 aliphatic carbocycles. The molecule has 2 aromatic carbocycles. The largest absolute Gasteiger partial charge is 0.312 e. The molecule has 100 valence electrons. The summed E-state index contributed by atoms with van der Waals surface area (Å²) in [7, 11) is 1.91. The number of rotatable bonds is 5. The van der Waals surface area contributed by atoms with E-state index in [1.54, 1.807) is 23.9 Å². The van der Waals surface area contributed by atoms with E-state index in [1.165, 1.54) is 6.07 Å². The Bertz CT molecular complexity index is 547. The summed E-state index contributed by atoms with van der Waals surface area (Å²) < 4.78 is 13.1. The van der Waals surface area contributed by atoms with Crippen LogP contribution in [0.25, 0.3) is 0 Å². The molecule has 0 saturated heterocycles. The second kappa shape index (κ2) is 6.94. The topological polar surface area (TPSA) is 12.0 Å². The van der Waals surface area contributed by atoms with Crippen LogP contribution in [0, 0.1) is 5.82 Å². The summed E-state index contributed by atoms with van der Waals surface area (Å²) in [6.07, 6.45) is 0. The molecule has 1 unspecified atom stereocenters. The second-order valence-electron chi connectivity index (χ2n) is 4.16. The monoisotopic (exact) mass is 295 g/mol. The average Bonchev–Trinajstić information content (AvgIpc) is 2.40. The minimum atomic E-state index is -0.200. The molecular weight excluding hydrogens is 281 g/mol. The number of hydrogen-bond donors (Lipinski definition) is 1. The molecule has 1 N–H and O–H groups in total. The smallest absolute Gasteiger partial charge is 0.124 e. The fraction of sp³-hybridized carbons (Fsp3) is 0.200. The van der Waals surface area contributed by atoms with Gasteiger partial charge in [-0.2, -0.15) is 0 Å². The lowest BCUT2D eigenvalue weighted by Crippen LogP contribution is -2.18. The molecule has 0 aliphatic rings. The first kappa shape index (κ1) is 14.4. The molecule has 1 nitrogen and oxygen atoms in total. The van der Waals surface area contributed by atoms with Crippen LogP contribution in [0.15, 0.2) is 53.4 Å². The van der Waals surface area contributed by atoms with Gasteiger partial charge in [-0.25, -0.2) is 4.39 Å². The number of nitrogens with one attached hydrogen (secondary N) is 1. The summed E-state index contributed by atoms with van der Waals surface area (Å²) in [5.74, 6) is 0.620. The Labute approximate surface area is 122 Å². The summed E-state index contributed by atoms with van der Waals surface area (Å²) in [4.78, 5) is 0.933. The Hall–Kier alpha value is -1.03. The van der Waals surface area contributed by atoms with Gasteiger partial charge in [-0.3, -0.25) is 0 Å². The van der Waals surface area contributed by atoms with Crippen LogP contribution in [0.1, 0.15) is 11.6 Å². The minimum absolute atomic E-state index is 0.187. The van der Waals surface area contributed by atoms with Crippen molar-refractivity contribution in [1.82, 2.24) is 5.32 Å². The van der Waals surface area contributed by atoms with Crippen LogP contribution in [0.5, 0.6) is 0 Å². The Morgan fingerprint density at radius 2 is 2.00 bits per heavy atom. The Balaban J connectivity index is 2.04. The molecule has 2 aromatic rings. The second-order valence-corrected chi connectivity index (χ2v) is 5.69. The number of thioether (sulfide) groups is 1. The van der Waals surface area contributed by atoms with Crippen molar-refractivity contribution in [2.75, 3.05) is 12.8 Å². The normalized spacial score (nSPS) is 12.4. The number of halogens is 2. The van der Waals surface area contributed by atoms with Crippen LogP contribution in [0.3, 0.4) is 0 Å². The van der Waals surface area contributed by atoms with Crippen LogP contribution in [-0.2, 0) is 0 Å². The van der Waals surface area contributed by atoms with Crippen LogP contribution in [0.4, 0.5) is 4.39 Å². The highest BCUT2D eigenvalue weighted by Crippen LogP contribution is 2.26. The van der Waals surface area contributed by atoms with Crippen LogP contribution >= 0.6 is 23.4 Å². The molecule has 0 bridgehead atoms. The van der Waals surface area contributed by atoms with Crippen molar-refractivity contribution < 1.29 is 4.39 Å². The molecule has 0 amide bonds. The van der Waals surface area contributed by atoms with Crippen molar-refractivity contribution in [2.24, 2.45) is 0 Å². The van der Waals surface area contributed by atoms with Crippen molar-refractivity contribution in [3.63, 3.8) is 0 Å². The third-order valence-corrected chi connectivity index (χ3v) is 4.13. The van der Waals surface area contributed by atoms with Gasteiger partial charge in [-0.15, -0.1) is 11.8 Å². The minimum Gasteiger partial charge on any atom is -0.312 e. The van der Waals surface area contributed by atoms with Crippen LogP contribution in [0.2, 0.25) is 5.02 Å². The highest BCUT2D eigenvalue weighted by molar-refractivity contribution is 7.99. The highest BCUT2D eigenvalue weighted by Gasteiger charge is 2.10. The molecule has 0 heterocycles. The summed E-state index contributed by atoms with van der Waals surface area (Å²) in [6.45, 7) is 0. The standard InChI is InChI=1S/C15H15ClFNS/c1-18-15(11-4-2-5-12(16)8-11)10-19-14-7-3-6-13(17)9-14/h2-9,15,18H,10H2,1H3. The van der Waals surface area contributed by atoms with E-state index < -0.39 is 0 Å². The van der Waals surface area contributed by atoms with Crippen molar-refractivity contribution >= 4 is 23.4 Å². The summed E-state index contributed by atoms with van der Waals surface area (Å²) in [5, 5.41) is 3.99. The zero-order valence-corrected chi connectivity index (χ0v) is 12.1. The fourth-order valence-electron chi connectivity index (χ4n) is 1.81. The van der Waals surface area contributed by atoms with Gasteiger partial charge in [0.05, 0.1) is 0 Å². The first-order valence-corrected chi connectivity index (χ1v) is 7.36. The van der Waals surface area contributed by atoms with Crippen molar-refractivity contribution in [3.8, 4) is 0 Å². The van der Waals surface area contributed by atoms with E-state index >= 15 is 0 Å². The van der Waals surface area contributed by atoms with E-state index in [2.05, 4.69) is 5.32 Å². The van der Waals surface area contributed by atoms with E-state index in [1.807, 2.05) is 37.4 Å². The molecule has 0 fully saturated rings. The lowest BCUT2D eigenvalue weighted by molar-refractivity contribution is 0.624. The molecule has 1 atom stereocenters. The van der Waals surface area contributed by atoms with Crippen molar-refractivity contribution in [2.45, 2.75) is 10.9 Å². The van der Waals surface area contributed by atoms with E-state index in [0.29, 0.717) is 0 Å². The van der Waals surface area contributed by atoms with Crippen molar-refractivity contribution in [3.05, 3.63) is 64.9 Å². The van der Waals surface area contributed by atoms with Gasteiger partial charge >= 0.3 is 0 Å². The van der Waals surface area contributed by atoms with E-state index in [0.717, 1.165) is 21.2 Å². The quantitative estimate of drug-likeness (QED) is 0.813. The van der Waals surface area contributed by atoms with Crippen LogP contribution < -0.4 is 5.32 Å². The predicted octanol–water partition coefficient (Wildman–Crippen LogP) is 4.53. The maximum Gasteiger partial charge on any atom is 0.124 e. The summed E-state index contributed by atoms with van der Waals surface area (Å²) >= 11 is 7.62. The van der Waals surface area contributed by atoms with Gasteiger partial charge in [0.1, 0.15) is 5.82 Å². The van der Waals surface area contributed by atoms with E-state index in [9.17, 15) is 4.39 Å². The SMILES string of the molecule is CNC(CSc1cccc(F)c1)c1cccc(Cl)c1. The van der Waals surface area contributed by atoms with Gasteiger partial charge in [0.25, 0.3) is 0 Å². The zero-order chi connectivity index (χ0) is 13.7. The highest BCUT2D eigenvalue weighted by atomic mass is 35.5. The first-order chi connectivity index (χ1) is 9.19. The molecule has 2 rings (SSSR count). The fourth-order valence-corrected chi connectivity index (χ4v) is 3.09. The Morgan fingerprint density at radius 1 is 1.21 bits per heavy atom. The molecule has 0 aromatic heterocycles. The van der Waals surface area contributed by atoms with Gasteiger partial charge in [-0.1, -0.05) is 29.8 Å². The van der Waals surface area contributed by atoms with Gasteiger partial charge < -0.3 is 5.32 Å². The van der Waals surface area contributed by atoms with Crippen LogP contribution in [-0.4, -0.2) is 12.8 Å². The van der Waals surface area contributed by atoms with Gasteiger partial charge in [0.15, 0.2) is 0 Å². The zero-order valence-electron chi connectivity index (χ0n) is 10.6. The van der Waals surface area contributed by atoms with E-state index in [-0.39, 0.29) is 11.9 Å². The van der Waals surface area contributed by atoms with E-state index in [4.69, 9.17) is 11.6 Å². The first-order valence-electron chi connectivity index (χ1n) is 6.00. The summed E-state index contributed by atoms with van der Waals surface area (Å²) in [5.41, 5.74) is 1.14. The molecule has 0 aliphatic heterocycles. The van der Waals surface area contributed by atoms with Gasteiger partial charge in [-0.05, 0) is 42.9 Å². The Kier molecular flexibility index (Phi) is 5.25. The van der Waals surface area contributed by atoms with Gasteiger partial charge in [0, 0.05) is 21.7 Å². The predicted molar refractivity (Wildman–Crippen MR) is 80.4 cm³/mol. The third kappa shape index (κ3) is 4.23. The molecule has 0 spiro atoms. The molecular formula is C15H15ClFNS. The van der Waals surface area contributed by atoms with Gasteiger partial charge in [0.2, 0.25) is 0 Å². The summed E-state index contributed by atoms with van der Waals surface area (Å²) in [6, 6.07) is 14.6. The lowest BCUT2D eigenvalue weighted by atomic mass is 10.1. The number of benzene rings is 2. The molecule has 19 heavy (non-hydrogen) atoms. The maximum atomic E-state index is 13.1.